The fourth-order valence-corrected chi connectivity index (χ4v) is 2.55. The number of carboxylic acids is 1. The van der Waals surface area contributed by atoms with Crippen LogP contribution in [0, 0.1) is 0 Å². The molecule has 0 radical (unpaired) electrons. The fourth-order valence-electron chi connectivity index (χ4n) is 1.88. The molecule has 2 rings (SSSR count). The smallest absolute Gasteiger partial charge is 0.313 e. The number of aliphatic carboxylic acids is 1. The Bertz CT molecular complexity index is 484. The molecular weight excluding hydrogens is 270 g/mol. The monoisotopic (exact) mass is 285 g/mol. The molecule has 19 heavy (non-hydrogen) atoms. The van der Waals surface area contributed by atoms with Gasteiger partial charge in [-0.05, 0) is 12.8 Å². The largest absolute Gasteiger partial charge is 0.481 e. The third kappa shape index (κ3) is 3.37. The number of hydrogen-bond acceptors (Lipinski definition) is 6. The van der Waals surface area contributed by atoms with Crippen LogP contribution in [-0.4, -0.2) is 55.5 Å². The number of rotatable bonds is 5. The maximum Gasteiger partial charge on any atom is 0.313 e. The van der Waals surface area contributed by atoms with E-state index in [1.165, 1.54) is 4.57 Å². The number of amides is 1. The Hall–Kier alpha value is -1.77. The van der Waals surface area contributed by atoms with Gasteiger partial charge in [0.2, 0.25) is 11.9 Å². The van der Waals surface area contributed by atoms with Gasteiger partial charge in [0.05, 0.1) is 5.75 Å². The van der Waals surface area contributed by atoms with Crippen LogP contribution in [0.15, 0.2) is 5.16 Å². The van der Waals surface area contributed by atoms with E-state index in [0.29, 0.717) is 5.16 Å². The van der Waals surface area contributed by atoms with Crippen LogP contribution in [0.3, 0.4) is 0 Å². The van der Waals surface area contributed by atoms with Crippen molar-refractivity contribution in [3.63, 3.8) is 0 Å². The van der Waals surface area contributed by atoms with Crippen LogP contribution in [-0.2, 0) is 16.1 Å². The van der Waals surface area contributed by atoms with Gasteiger partial charge in [-0.3, -0.25) is 14.2 Å². The van der Waals surface area contributed by atoms with E-state index in [0.717, 1.165) is 37.7 Å². The van der Waals surface area contributed by atoms with E-state index < -0.39 is 5.97 Å². The molecule has 0 aliphatic carbocycles. The third-order valence-corrected chi connectivity index (χ3v) is 3.77. The van der Waals surface area contributed by atoms with Crippen molar-refractivity contribution in [3.05, 3.63) is 0 Å². The molecule has 0 atom stereocenters. The van der Waals surface area contributed by atoms with Gasteiger partial charge in [0, 0.05) is 13.1 Å². The summed E-state index contributed by atoms with van der Waals surface area (Å²) in [5.74, 6) is -1.01. The predicted octanol–water partition coefficient (Wildman–Crippen LogP) is -0.341. The summed E-state index contributed by atoms with van der Waals surface area (Å²) in [6, 6.07) is 0. The maximum atomic E-state index is 12.0. The molecule has 0 aromatic carbocycles. The molecule has 1 aliphatic heterocycles. The standard InChI is InChI=1S/C10H15N5O3S/c11-9-12-13-10(19-6-8(17)18)15(9)5-7(16)14-3-1-2-4-14/h1-6H2,(H2,11,12)(H,17,18). The number of carbonyl (C=O) groups is 2. The lowest BCUT2D eigenvalue weighted by Gasteiger charge is -2.16. The summed E-state index contributed by atoms with van der Waals surface area (Å²) in [6.45, 7) is 1.58. The van der Waals surface area contributed by atoms with E-state index in [4.69, 9.17) is 10.8 Å². The first kappa shape index (κ1) is 13.7. The van der Waals surface area contributed by atoms with E-state index in [2.05, 4.69) is 10.2 Å². The highest BCUT2D eigenvalue weighted by atomic mass is 32.2. The highest BCUT2D eigenvalue weighted by Gasteiger charge is 2.21. The number of hydrogen-bond donors (Lipinski definition) is 2. The average molecular weight is 285 g/mol. The minimum Gasteiger partial charge on any atom is -0.481 e. The molecule has 0 unspecified atom stereocenters. The molecule has 104 valence electrons. The lowest BCUT2D eigenvalue weighted by atomic mass is 10.4. The van der Waals surface area contributed by atoms with Crippen LogP contribution in [0.25, 0.3) is 0 Å². The minimum absolute atomic E-state index is 0.0406. The summed E-state index contributed by atoms with van der Waals surface area (Å²) in [5, 5.41) is 16.5. The summed E-state index contributed by atoms with van der Waals surface area (Å²) in [7, 11) is 0. The van der Waals surface area contributed by atoms with Gasteiger partial charge >= 0.3 is 5.97 Å². The van der Waals surface area contributed by atoms with Crippen molar-refractivity contribution >= 4 is 29.6 Å². The highest BCUT2D eigenvalue weighted by Crippen LogP contribution is 2.18. The van der Waals surface area contributed by atoms with Crippen molar-refractivity contribution in [2.75, 3.05) is 24.6 Å². The Morgan fingerprint density at radius 3 is 2.63 bits per heavy atom. The number of carbonyl (C=O) groups excluding carboxylic acids is 1. The average Bonchev–Trinajstić information content (AvgIpc) is 2.99. The van der Waals surface area contributed by atoms with Crippen molar-refractivity contribution in [2.24, 2.45) is 0 Å². The molecule has 1 amide bonds. The molecular formula is C10H15N5O3S. The summed E-state index contributed by atoms with van der Waals surface area (Å²) in [6.07, 6.45) is 2.04. The van der Waals surface area contributed by atoms with Crippen LogP contribution in [0.1, 0.15) is 12.8 Å². The number of carboxylic acid groups (broad SMARTS) is 1. The van der Waals surface area contributed by atoms with Crippen LogP contribution < -0.4 is 5.73 Å². The van der Waals surface area contributed by atoms with E-state index >= 15 is 0 Å². The van der Waals surface area contributed by atoms with Gasteiger partial charge in [0.1, 0.15) is 6.54 Å². The normalized spacial score (nSPS) is 14.8. The lowest BCUT2D eigenvalue weighted by molar-refractivity contribution is -0.134. The van der Waals surface area contributed by atoms with Gasteiger partial charge in [0.15, 0.2) is 5.16 Å². The van der Waals surface area contributed by atoms with Crippen LogP contribution in [0.5, 0.6) is 0 Å². The molecule has 1 saturated heterocycles. The zero-order valence-corrected chi connectivity index (χ0v) is 11.1. The topological polar surface area (TPSA) is 114 Å². The van der Waals surface area contributed by atoms with Crippen molar-refractivity contribution in [2.45, 2.75) is 24.5 Å². The molecule has 8 nitrogen and oxygen atoms in total. The molecule has 2 heterocycles. The number of likely N-dealkylation sites (tertiary alicyclic amines) is 1. The van der Waals surface area contributed by atoms with Crippen LogP contribution in [0.4, 0.5) is 5.95 Å². The Kier molecular flexibility index (Phi) is 4.25. The quantitative estimate of drug-likeness (QED) is 0.711. The molecule has 1 aromatic heterocycles. The van der Waals surface area contributed by atoms with Gasteiger partial charge in [-0.15, -0.1) is 10.2 Å². The van der Waals surface area contributed by atoms with Crippen LogP contribution >= 0.6 is 11.8 Å². The molecule has 1 aromatic rings. The van der Waals surface area contributed by atoms with Crippen molar-refractivity contribution < 1.29 is 14.7 Å². The van der Waals surface area contributed by atoms with Gasteiger partial charge in [0.25, 0.3) is 0 Å². The van der Waals surface area contributed by atoms with Crippen molar-refractivity contribution in [1.82, 2.24) is 19.7 Å². The number of thioether (sulfide) groups is 1. The first-order chi connectivity index (χ1) is 9.08. The van der Waals surface area contributed by atoms with E-state index in [1.807, 2.05) is 0 Å². The molecule has 9 heteroatoms. The van der Waals surface area contributed by atoms with E-state index in [-0.39, 0.29) is 24.2 Å². The summed E-state index contributed by atoms with van der Waals surface area (Å²) < 4.78 is 1.45. The number of anilines is 1. The summed E-state index contributed by atoms with van der Waals surface area (Å²) in [4.78, 5) is 24.3. The number of nitrogens with two attached hydrogens (primary N) is 1. The Morgan fingerprint density at radius 1 is 1.32 bits per heavy atom. The molecule has 0 saturated carbocycles. The first-order valence-electron chi connectivity index (χ1n) is 5.89. The second kappa shape index (κ2) is 5.91. The fraction of sp³-hybridized carbons (Fsp3) is 0.600. The van der Waals surface area contributed by atoms with Crippen LogP contribution in [0.2, 0.25) is 0 Å². The molecule has 0 bridgehead atoms. The zero-order valence-electron chi connectivity index (χ0n) is 10.3. The second-order valence-electron chi connectivity index (χ2n) is 4.20. The number of aromatic nitrogens is 3. The zero-order chi connectivity index (χ0) is 13.8. The van der Waals surface area contributed by atoms with Gasteiger partial charge in [-0.1, -0.05) is 11.8 Å². The molecule has 0 spiro atoms. The van der Waals surface area contributed by atoms with Crippen molar-refractivity contribution in [1.29, 1.82) is 0 Å². The first-order valence-corrected chi connectivity index (χ1v) is 6.87. The van der Waals surface area contributed by atoms with E-state index in [1.54, 1.807) is 4.90 Å². The molecule has 1 aliphatic rings. The molecule has 3 N–H and O–H groups in total. The Morgan fingerprint density at radius 2 is 2.00 bits per heavy atom. The summed E-state index contributed by atoms with van der Waals surface area (Å²) >= 11 is 1.000. The van der Waals surface area contributed by atoms with Gasteiger partial charge < -0.3 is 15.7 Å². The maximum absolute atomic E-state index is 12.0. The second-order valence-corrected chi connectivity index (χ2v) is 5.14. The van der Waals surface area contributed by atoms with E-state index in [9.17, 15) is 9.59 Å². The van der Waals surface area contributed by atoms with Gasteiger partial charge in [-0.25, -0.2) is 0 Å². The van der Waals surface area contributed by atoms with Crippen molar-refractivity contribution in [3.8, 4) is 0 Å². The minimum atomic E-state index is -0.955. The lowest BCUT2D eigenvalue weighted by Crippen LogP contribution is -2.31. The third-order valence-electron chi connectivity index (χ3n) is 2.82. The highest BCUT2D eigenvalue weighted by molar-refractivity contribution is 7.99. The summed E-state index contributed by atoms with van der Waals surface area (Å²) in [5.41, 5.74) is 5.65. The Balaban J connectivity index is 2.03. The van der Waals surface area contributed by atoms with Gasteiger partial charge in [-0.2, -0.15) is 0 Å². The number of nitrogen functional groups attached to an aromatic ring is 1. The Labute approximate surface area is 114 Å². The molecule has 1 fully saturated rings. The number of nitrogens with zero attached hydrogens (tertiary/aromatic N) is 4. The SMILES string of the molecule is Nc1nnc(SCC(=O)O)n1CC(=O)N1CCCC1. The predicted molar refractivity (Wildman–Crippen MR) is 68.6 cm³/mol.